The number of nitrogens with zero attached hydrogens (tertiary/aromatic N) is 1. The van der Waals surface area contributed by atoms with Crippen LogP contribution in [0.15, 0.2) is 42.5 Å². The number of carbonyl (C=O) groups is 2. The Hall–Kier alpha value is -3.02. The minimum Gasteiger partial charge on any atom is -0.497 e. The molecule has 0 aromatic heterocycles. The van der Waals surface area contributed by atoms with Gasteiger partial charge < -0.3 is 19.7 Å². The number of methoxy groups -OCH3 is 1. The molecular formula is C20H22N2O4. The maximum absolute atomic E-state index is 12.2. The number of anilines is 2. The highest BCUT2D eigenvalue weighted by atomic mass is 16.5. The van der Waals surface area contributed by atoms with Gasteiger partial charge in [0.15, 0.2) is 0 Å². The maximum Gasteiger partial charge on any atom is 0.224 e. The molecule has 0 atom stereocenters. The number of nitrogens with one attached hydrogen (secondary N) is 1. The molecule has 2 amide bonds. The van der Waals surface area contributed by atoms with Gasteiger partial charge in [-0.3, -0.25) is 9.59 Å². The van der Waals surface area contributed by atoms with E-state index in [0.717, 1.165) is 17.0 Å². The minimum atomic E-state index is -0.0768. The van der Waals surface area contributed by atoms with E-state index < -0.39 is 0 Å². The van der Waals surface area contributed by atoms with Gasteiger partial charge in [-0.05, 0) is 36.2 Å². The van der Waals surface area contributed by atoms with Crippen LogP contribution in [0.25, 0.3) is 0 Å². The second-order valence-corrected chi connectivity index (χ2v) is 6.10. The molecule has 0 unspecified atom stereocenters. The minimum absolute atomic E-state index is 0.0235. The van der Waals surface area contributed by atoms with Gasteiger partial charge >= 0.3 is 0 Å². The van der Waals surface area contributed by atoms with Gasteiger partial charge in [0.2, 0.25) is 11.8 Å². The van der Waals surface area contributed by atoms with E-state index in [2.05, 4.69) is 5.32 Å². The summed E-state index contributed by atoms with van der Waals surface area (Å²) in [5, 5.41) is 2.88. The Morgan fingerprint density at radius 1 is 1.23 bits per heavy atom. The molecule has 0 bridgehead atoms. The van der Waals surface area contributed by atoms with E-state index in [4.69, 9.17) is 9.47 Å². The molecule has 2 aromatic rings. The number of hydrogen-bond acceptors (Lipinski definition) is 4. The van der Waals surface area contributed by atoms with Gasteiger partial charge in [0.05, 0.1) is 19.3 Å². The summed E-state index contributed by atoms with van der Waals surface area (Å²) in [4.78, 5) is 25.6. The van der Waals surface area contributed by atoms with E-state index in [0.29, 0.717) is 37.4 Å². The molecule has 0 saturated heterocycles. The van der Waals surface area contributed by atoms with E-state index in [9.17, 15) is 9.59 Å². The van der Waals surface area contributed by atoms with E-state index >= 15 is 0 Å². The molecule has 2 aromatic carbocycles. The van der Waals surface area contributed by atoms with Gasteiger partial charge in [-0.15, -0.1) is 0 Å². The van der Waals surface area contributed by atoms with Gasteiger partial charge in [0.1, 0.15) is 18.1 Å². The summed E-state index contributed by atoms with van der Waals surface area (Å²) >= 11 is 0. The van der Waals surface area contributed by atoms with Crippen LogP contribution in [0, 0.1) is 0 Å². The van der Waals surface area contributed by atoms with E-state index in [1.165, 1.54) is 6.92 Å². The molecule has 6 heteroatoms. The van der Waals surface area contributed by atoms with Crippen molar-refractivity contribution >= 4 is 23.2 Å². The van der Waals surface area contributed by atoms with Gasteiger partial charge in [0.25, 0.3) is 0 Å². The number of carbonyl (C=O) groups excluding carboxylic acids is 2. The van der Waals surface area contributed by atoms with Crippen LogP contribution in [-0.2, 0) is 16.0 Å². The molecule has 136 valence electrons. The maximum atomic E-state index is 12.2. The van der Waals surface area contributed by atoms with Crippen molar-refractivity contribution in [3.05, 3.63) is 48.0 Å². The largest absolute Gasteiger partial charge is 0.497 e. The molecule has 26 heavy (non-hydrogen) atoms. The average Bonchev–Trinajstić information content (AvgIpc) is 2.65. The molecule has 1 aliphatic heterocycles. The van der Waals surface area contributed by atoms with Crippen molar-refractivity contribution in [1.29, 1.82) is 0 Å². The Morgan fingerprint density at radius 2 is 2.08 bits per heavy atom. The first-order chi connectivity index (χ1) is 12.6. The van der Waals surface area contributed by atoms with E-state index in [1.54, 1.807) is 30.2 Å². The first kappa shape index (κ1) is 17.8. The zero-order chi connectivity index (χ0) is 18.5. The van der Waals surface area contributed by atoms with Crippen molar-refractivity contribution in [3.63, 3.8) is 0 Å². The van der Waals surface area contributed by atoms with Crippen LogP contribution in [0.2, 0.25) is 0 Å². The Kier molecular flexibility index (Phi) is 5.41. The van der Waals surface area contributed by atoms with Crippen LogP contribution < -0.4 is 19.7 Å². The molecule has 1 N–H and O–H groups in total. The van der Waals surface area contributed by atoms with Crippen molar-refractivity contribution in [1.82, 2.24) is 0 Å². The highest BCUT2D eigenvalue weighted by molar-refractivity contribution is 5.95. The molecule has 0 aliphatic carbocycles. The number of fused-ring (bicyclic) bond motifs is 1. The number of amides is 2. The first-order valence-corrected chi connectivity index (χ1v) is 8.54. The van der Waals surface area contributed by atoms with Gasteiger partial charge in [0, 0.05) is 25.1 Å². The second-order valence-electron chi connectivity index (χ2n) is 6.10. The van der Waals surface area contributed by atoms with Crippen LogP contribution in [0.4, 0.5) is 11.4 Å². The standard InChI is InChI=1S/C20H22N2O4/c1-14(23)22-10-11-26-19-13-16(7-8-18(19)22)21-20(24)9-6-15-4-3-5-17(12-15)25-2/h3-5,7-8,12-13H,6,9-11H2,1-2H3,(H,21,24). The molecule has 3 rings (SSSR count). The summed E-state index contributed by atoms with van der Waals surface area (Å²) in [6.07, 6.45) is 0.993. The summed E-state index contributed by atoms with van der Waals surface area (Å²) in [6.45, 7) is 2.51. The van der Waals surface area contributed by atoms with Crippen LogP contribution in [-0.4, -0.2) is 32.1 Å². The molecule has 0 radical (unpaired) electrons. The zero-order valence-electron chi connectivity index (χ0n) is 15.0. The third kappa shape index (κ3) is 4.14. The Labute approximate surface area is 152 Å². The molecule has 1 heterocycles. The summed E-state index contributed by atoms with van der Waals surface area (Å²) in [6, 6.07) is 13.0. The number of ether oxygens (including phenoxy) is 2. The fourth-order valence-corrected chi connectivity index (χ4v) is 2.93. The van der Waals surface area contributed by atoms with Crippen molar-refractivity contribution in [2.75, 3.05) is 30.5 Å². The third-order valence-corrected chi connectivity index (χ3v) is 4.26. The molecule has 0 fully saturated rings. The summed E-state index contributed by atoms with van der Waals surface area (Å²) in [5.74, 6) is 1.29. The lowest BCUT2D eigenvalue weighted by atomic mass is 10.1. The average molecular weight is 354 g/mol. The van der Waals surface area contributed by atoms with Crippen molar-refractivity contribution in [2.45, 2.75) is 19.8 Å². The quantitative estimate of drug-likeness (QED) is 0.896. The Bertz CT molecular complexity index is 819. The third-order valence-electron chi connectivity index (χ3n) is 4.26. The lowest BCUT2D eigenvalue weighted by Crippen LogP contribution is -2.36. The van der Waals surface area contributed by atoms with Crippen molar-refractivity contribution in [2.24, 2.45) is 0 Å². The van der Waals surface area contributed by atoms with Crippen molar-refractivity contribution in [3.8, 4) is 11.5 Å². The Morgan fingerprint density at radius 3 is 2.85 bits per heavy atom. The van der Waals surface area contributed by atoms with E-state index in [1.807, 2.05) is 24.3 Å². The molecule has 0 saturated carbocycles. The number of rotatable bonds is 5. The summed E-state index contributed by atoms with van der Waals surface area (Å²) < 4.78 is 10.8. The predicted octanol–water partition coefficient (Wildman–Crippen LogP) is 3.01. The van der Waals surface area contributed by atoms with Crippen LogP contribution in [0.1, 0.15) is 18.9 Å². The highest BCUT2D eigenvalue weighted by Gasteiger charge is 2.21. The number of hydrogen-bond donors (Lipinski definition) is 1. The smallest absolute Gasteiger partial charge is 0.224 e. The SMILES string of the molecule is COc1cccc(CCC(=O)Nc2ccc3c(c2)OCCN3C(C)=O)c1. The van der Waals surface area contributed by atoms with Gasteiger partial charge in [-0.2, -0.15) is 0 Å². The fraction of sp³-hybridized carbons (Fsp3) is 0.300. The summed E-state index contributed by atoms with van der Waals surface area (Å²) in [5.41, 5.74) is 2.44. The zero-order valence-corrected chi connectivity index (χ0v) is 15.0. The first-order valence-electron chi connectivity index (χ1n) is 8.54. The van der Waals surface area contributed by atoms with Crippen LogP contribution in [0.3, 0.4) is 0 Å². The van der Waals surface area contributed by atoms with Gasteiger partial charge in [-0.1, -0.05) is 12.1 Å². The topological polar surface area (TPSA) is 67.9 Å². The van der Waals surface area contributed by atoms with Crippen molar-refractivity contribution < 1.29 is 19.1 Å². The van der Waals surface area contributed by atoms with E-state index in [-0.39, 0.29) is 11.8 Å². The van der Waals surface area contributed by atoms with Gasteiger partial charge in [-0.25, -0.2) is 0 Å². The lowest BCUT2D eigenvalue weighted by Gasteiger charge is -2.29. The molecular weight excluding hydrogens is 332 g/mol. The number of aryl methyl sites for hydroxylation is 1. The predicted molar refractivity (Wildman–Crippen MR) is 99.9 cm³/mol. The van der Waals surface area contributed by atoms with Crippen LogP contribution >= 0.6 is 0 Å². The highest BCUT2D eigenvalue weighted by Crippen LogP contribution is 2.34. The fourth-order valence-electron chi connectivity index (χ4n) is 2.93. The monoisotopic (exact) mass is 354 g/mol. The van der Waals surface area contributed by atoms with Crippen LogP contribution in [0.5, 0.6) is 11.5 Å². The summed E-state index contributed by atoms with van der Waals surface area (Å²) in [7, 11) is 1.62. The number of benzene rings is 2. The lowest BCUT2D eigenvalue weighted by molar-refractivity contribution is -0.117. The second kappa shape index (κ2) is 7.91. The normalized spacial score (nSPS) is 12.8. The molecule has 6 nitrogen and oxygen atoms in total. The molecule has 0 spiro atoms. The molecule has 1 aliphatic rings. The Balaban J connectivity index is 1.62.